The monoisotopic (exact) mass is 552 g/mol. The summed E-state index contributed by atoms with van der Waals surface area (Å²) in [5.74, 6) is 0.259. The molecule has 2 aliphatic rings. The molecule has 0 unspecified atom stereocenters. The Morgan fingerprint density at radius 3 is 2.63 bits per heavy atom. The highest BCUT2D eigenvalue weighted by Crippen LogP contribution is 2.39. The number of carbonyl (C=O) groups is 1. The van der Waals surface area contributed by atoms with E-state index >= 15 is 0 Å². The van der Waals surface area contributed by atoms with Gasteiger partial charge >= 0.3 is 5.97 Å². The molecule has 7 heteroatoms. The lowest BCUT2D eigenvalue weighted by Gasteiger charge is -2.39. The van der Waals surface area contributed by atoms with Gasteiger partial charge in [0.05, 0.1) is 5.69 Å². The SMILES string of the molecule is CCc1cc(C(=O)O)c(=O)[nH]c1-c1ccc2c(c1)cc(CN1C[C@H]3CCC[C@@H](N(C)Cc4ccccc4)[C@H]3C1)n2C. The van der Waals surface area contributed by atoms with E-state index in [2.05, 4.69) is 82.0 Å². The number of H-pyrrole nitrogens is 1. The Morgan fingerprint density at radius 2 is 1.88 bits per heavy atom. The molecule has 0 radical (unpaired) electrons. The van der Waals surface area contributed by atoms with Crippen molar-refractivity contribution in [3.05, 3.63) is 93.4 Å². The van der Waals surface area contributed by atoms with Crippen LogP contribution in [0.1, 0.15) is 53.4 Å². The lowest BCUT2D eigenvalue weighted by Crippen LogP contribution is -2.43. The van der Waals surface area contributed by atoms with E-state index in [1.54, 1.807) is 0 Å². The van der Waals surface area contributed by atoms with Crippen molar-refractivity contribution in [2.75, 3.05) is 20.1 Å². The maximum atomic E-state index is 12.5. The molecule has 1 aliphatic heterocycles. The number of nitrogens with one attached hydrogen (secondary N) is 1. The molecule has 0 spiro atoms. The molecule has 2 aromatic carbocycles. The van der Waals surface area contributed by atoms with Gasteiger partial charge in [-0.05, 0) is 79.1 Å². The van der Waals surface area contributed by atoms with Crippen molar-refractivity contribution in [3.63, 3.8) is 0 Å². The molecule has 2 N–H and O–H groups in total. The van der Waals surface area contributed by atoms with Crippen molar-refractivity contribution in [1.82, 2.24) is 19.4 Å². The lowest BCUT2D eigenvalue weighted by molar-refractivity contribution is 0.0695. The Balaban J connectivity index is 1.21. The van der Waals surface area contributed by atoms with Crippen LogP contribution in [0, 0.1) is 11.8 Å². The largest absolute Gasteiger partial charge is 0.477 e. The van der Waals surface area contributed by atoms with Crippen LogP contribution in [-0.2, 0) is 26.6 Å². The minimum absolute atomic E-state index is 0.214. The first-order chi connectivity index (χ1) is 19.8. The third-order valence-corrected chi connectivity index (χ3v) is 9.53. The number of nitrogens with zero attached hydrogens (tertiary/aromatic N) is 3. The zero-order chi connectivity index (χ0) is 28.7. The van der Waals surface area contributed by atoms with Gasteiger partial charge in [0.25, 0.3) is 5.56 Å². The summed E-state index contributed by atoms with van der Waals surface area (Å²) in [6.45, 7) is 6.19. The smallest absolute Gasteiger partial charge is 0.341 e. The normalized spacial score (nSPS) is 21.0. The van der Waals surface area contributed by atoms with Gasteiger partial charge in [-0.25, -0.2) is 4.79 Å². The predicted molar refractivity (Wildman–Crippen MR) is 163 cm³/mol. The number of aryl methyl sites for hydroxylation is 2. The maximum Gasteiger partial charge on any atom is 0.341 e. The van der Waals surface area contributed by atoms with E-state index in [-0.39, 0.29) is 5.56 Å². The standard InChI is InChI=1S/C34H40N4O3/c1-4-23-17-28(34(40)41)33(39)35-32(23)24-13-14-30-26(15-24)16-27(37(30)3)20-38-19-25-11-8-12-31(29(25)21-38)36(2)18-22-9-6-5-7-10-22/h5-7,9-10,13-17,25,29,31H,4,8,11-12,18-21H2,1-3H3,(H,35,39)(H,40,41)/t25-,29+,31-/m1/s1. The Bertz CT molecular complexity index is 1620. The number of hydrogen-bond acceptors (Lipinski definition) is 4. The summed E-state index contributed by atoms with van der Waals surface area (Å²) in [6, 6.07) is 21.5. The summed E-state index contributed by atoms with van der Waals surface area (Å²) >= 11 is 0. The number of carboxylic acid groups (broad SMARTS) is 1. The summed E-state index contributed by atoms with van der Waals surface area (Å²) in [4.78, 5) is 32.0. The van der Waals surface area contributed by atoms with Crippen LogP contribution in [0.15, 0.2) is 65.5 Å². The highest BCUT2D eigenvalue weighted by molar-refractivity contribution is 5.89. The summed E-state index contributed by atoms with van der Waals surface area (Å²) < 4.78 is 2.29. The highest BCUT2D eigenvalue weighted by Gasteiger charge is 2.41. The Morgan fingerprint density at radius 1 is 1.07 bits per heavy atom. The molecular weight excluding hydrogens is 512 g/mol. The number of carboxylic acids is 1. The molecule has 0 bridgehead atoms. The summed E-state index contributed by atoms with van der Waals surface area (Å²) in [5.41, 5.74) is 5.47. The van der Waals surface area contributed by atoms with E-state index in [1.165, 1.54) is 36.6 Å². The van der Waals surface area contributed by atoms with Gasteiger partial charge in [-0.2, -0.15) is 0 Å². The van der Waals surface area contributed by atoms with Gasteiger partial charge < -0.3 is 14.7 Å². The van der Waals surface area contributed by atoms with Gasteiger partial charge in [0, 0.05) is 55.9 Å². The second-order valence-electron chi connectivity index (χ2n) is 12.1. The van der Waals surface area contributed by atoms with E-state index in [4.69, 9.17) is 0 Å². The van der Waals surface area contributed by atoms with Crippen LogP contribution in [0.25, 0.3) is 22.2 Å². The summed E-state index contributed by atoms with van der Waals surface area (Å²) in [6.07, 6.45) is 4.55. The van der Waals surface area contributed by atoms with Gasteiger partial charge in [-0.1, -0.05) is 49.7 Å². The second-order valence-corrected chi connectivity index (χ2v) is 12.1. The Hall–Kier alpha value is -3.68. The predicted octanol–water partition coefficient (Wildman–Crippen LogP) is 5.53. The van der Waals surface area contributed by atoms with Crippen LogP contribution in [0.4, 0.5) is 0 Å². The van der Waals surface area contributed by atoms with E-state index in [1.807, 2.05) is 13.0 Å². The number of fused-ring (bicyclic) bond motifs is 2. The van der Waals surface area contributed by atoms with E-state index in [0.717, 1.165) is 54.1 Å². The molecule has 214 valence electrons. The second kappa shape index (κ2) is 11.3. The lowest BCUT2D eigenvalue weighted by atomic mass is 9.77. The molecule has 2 aromatic heterocycles. The highest BCUT2D eigenvalue weighted by atomic mass is 16.4. The fourth-order valence-corrected chi connectivity index (χ4v) is 7.41. The number of aromatic carboxylic acids is 1. The molecule has 1 saturated heterocycles. The van der Waals surface area contributed by atoms with Crippen molar-refractivity contribution in [3.8, 4) is 11.3 Å². The third-order valence-electron chi connectivity index (χ3n) is 9.53. The number of likely N-dealkylation sites (tertiary alicyclic amines) is 1. The first kappa shape index (κ1) is 27.5. The van der Waals surface area contributed by atoms with E-state index in [0.29, 0.717) is 24.1 Å². The van der Waals surface area contributed by atoms with Crippen LogP contribution in [0.2, 0.25) is 0 Å². The van der Waals surface area contributed by atoms with Gasteiger partial charge in [-0.3, -0.25) is 14.6 Å². The topological polar surface area (TPSA) is 81.6 Å². The molecule has 2 fully saturated rings. The van der Waals surface area contributed by atoms with Crippen LogP contribution in [-0.4, -0.2) is 56.6 Å². The summed E-state index contributed by atoms with van der Waals surface area (Å²) in [7, 11) is 4.44. The molecular formula is C34H40N4O3. The Labute approximate surface area is 241 Å². The third kappa shape index (κ3) is 5.36. The van der Waals surface area contributed by atoms with Gasteiger partial charge in [-0.15, -0.1) is 0 Å². The molecule has 1 saturated carbocycles. The fourth-order valence-electron chi connectivity index (χ4n) is 7.41. The van der Waals surface area contributed by atoms with Crippen molar-refractivity contribution >= 4 is 16.9 Å². The van der Waals surface area contributed by atoms with Crippen LogP contribution < -0.4 is 5.56 Å². The molecule has 6 rings (SSSR count). The van der Waals surface area contributed by atoms with Gasteiger partial charge in [0.1, 0.15) is 5.56 Å². The minimum atomic E-state index is -1.20. The van der Waals surface area contributed by atoms with Gasteiger partial charge in [0.2, 0.25) is 0 Å². The van der Waals surface area contributed by atoms with Crippen molar-refractivity contribution < 1.29 is 9.90 Å². The average Bonchev–Trinajstić information content (AvgIpc) is 3.52. The molecule has 3 heterocycles. The molecule has 0 amide bonds. The first-order valence-electron chi connectivity index (χ1n) is 14.9. The van der Waals surface area contributed by atoms with Crippen LogP contribution in [0.3, 0.4) is 0 Å². The molecule has 41 heavy (non-hydrogen) atoms. The quantitative estimate of drug-likeness (QED) is 0.301. The van der Waals surface area contributed by atoms with Crippen molar-refractivity contribution in [2.45, 2.75) is 51.7 Å². The Kier molecular flexibility index (Phi) is 7.58. The zero-order valence-corrected chi connectivity index (χ0v) is 24.3. The molecule has 4 aromatic rings. The fraction of sp³-hybridized carbons (Fsp3) is 0.412. The van der Waals surface area contributed by atoms with E-state index < -0.39 is 11.5 Å². The average molecular weight is 553 g/mol. The molecule has 1 aliphatic carbocycles. The number of benzene rings is 2. The molecule has 3 atom stereocenters. The maximum absolute atomic E-state index is 12.5. The number of aromatic amines is 1. The summed E-state index contributed by atoms with van der Waals surface area (Å²) in [5, 5.41) is 10.5. The minimum Gasteiger partial charge on any atom is -0.477 e. The number of pyridine rings is 1. The van der Waals surface area contributed by atoms with Gasteiger partial charge in [0.15, 0.2) is 0 Å². The molecule has 7 nitrogen and oxygen atoms in total. The van der Waals surface area contributed by atoms with Crippen molar-refractivity contribution in [1.29, 1.82) is 0 Å². The van der Waals surface area contributed by atoms with Crippen molar-refractivity contribution in [2.24, 2.45) is 18.9 Å². The number of rotatable bonds is 8. The zero-order valence-electron chi connectivity index (χ0n) is 24.3. The number of hydrogen-bond donors (Lipinski definition) is 2. The first-order valence-corrected chi connectivity index (χ1v) is 14.9. The van der Waals surface area contributed by atoms with Crippen LogP contribution in [0.5, 0.6) is 0 Å². The van der Waals surface area contributed by atoms with Crippen LogP contribution >= 0.6 is 0 Å². The number of aromatic nitrogens is 2. The van der Waals surface area contributed by atoms with E-state index in [9.17, 15) is 14.7 Å².